The summed E-state index contributed by atoms with van der Waals surface area (Å²) in [6.07, 6.45) is 3.34. The number of ether oxygens (including phenoxy) is 1. The molecule has 0 unspecified atom stereocenters. The molecule has 1 aromatic heterocycles. The molecule has 0 aliphatic carbocycles. The second-order valence-corrected chi connectivity index (χ2v) is 7.10. The van der Waals surface area contributed by atoms with E-state index in [1.165, 1.54) is 19.3 Å². The fourth-order valence-corrected chi connectivity index (χ4v) is 3.85. The molecule has 2 aliphatic heterocycles. The Hall–Kier alpha value is -1.02. The molecule has 0 aromatic carbocycles. The van der Waals surface area contributed by atoms with Crippen molar-refractivity contribution in [2.24, 2.45) is 0 Å². The molecule has 7 nitrogen and oxygen atoms in total. The lowest BCUT2D eigenvalue weighted by molar-refractivity contribution is -0.00189. The normalized spacial score (nSPS) is 25.0. The summed E-state index contributed by atoms with van der Waals surface area (Å²) < 4.78 is 7.40. The molecule has 3 rings (SSSR count). The summed E-state index contributed by atoms with van der Waals surface area (Å²) in [4.78, 5) is 9.16. The number of aromatic nitrogens is 3. The van der Waals surface area contributed by atoms with Crippen molar-refractivity contribution in [1.82, 2.24) is 24.6 Å². The van der Waals surface area contributed by atoms with Crippen LogP contribution in [0.2, 0.25) is 0 Å². The molecule has 0 bridgehead atoms. The number of aliphatic hydroxyl groups is 1. The van der Waals surface area contributed by atoms with Crippen LogP contribution in [0, 0.1) is 13.8 Å². The molecule has 1 aromatic rings. The summed E-state index contributed by atoms with van der Waals surface area (Å²) in [7, 11) is 0. The number of likely N-dealkylation sites (tertiary alicyclic amines) is 1. The first-order valence-corrected chi connectivity index (χ1v) is 9.22. The highest BCUT2D eigenvalue weighted by molar-refractivity contribution is 4.90. The van der Waals surface area contributed by atoms with E-state index in [-0.39, 0.29) is 6.10 Å². The molecular weight excluding hydrogens is 306 g/mol. The Balaban J connectivity index is 1.54. The Morgan fingerprint density at radius 3 is 2.67 bits per heavy atom. The lowest BCUT2D eigenvalue weighted by Crippen LogP contribution is -2.49. The van der Waals surface area contributed by atoms with E-state index in [0.29, 0.717) is 6.04 Å². The van der Waals surface area contributed by atoms with Gasteiger partial charge in [0, 0.05) is 32.2 Å². The third-order valence-corrected chi connectivity index (χ3v) is 5.11. The zero-order valence-corrected chi connectivity index (χ0v) is 15.0. The van der Waals surface area contributed by atoms with Crippen molar-refractivity contribution in [3.05, 3.63) is 11.6 Å². The van der Waals surface area contributed by atoms with Crippen LogP contribution in [0.25, 0.3) is 0 Å². The van der Waals surface area contributed by atoms with Crippen LogP contribution in [0.15, 0.2) is 0 Å². The van der Waals surface area contributed by atoms with Crippen molar-refractivity contribution < 1.29 is 9.84 Å². The number of β-amino-alcohol motifs (C(OH)–C–C–N with tert-alkyl or cyclic N) is 1. The second-order valence-electron chi connectivity index (χ2n) is 7.10. The summed E-state index contributed by atoms with van der Waals surface area (Å²) >= 11 is 0. The van der Waals surface area contributed by atoms with E-state index in [4.69, 9.17) is 4.74 Å². The van der Waals surface area contributed by atoms with Crippen LogP contribution < -0.4 is 0 Å². The zero-order valence-electron chi connectivity index (χ0n) is 15.0. The van der Waals surface area contributed by atoms with Gasteiger partial charge in [-0.1, -0.05) is 6.42 Å². The molecule has 2 saturated heterocycles. The molecule has 0 saturated carbocycles. The molecule has 1 N–H and O–H groups in total. The van der Waals surface area contributed by atoms with Gasteiger partial charge in [-0.3, -0.25) is 9.80 Å². The highest BCUT2D eigenvalue weighted by atomic mass is 16.5. The summed E-state index contributed by atoms with van der Waals surface area (Å²) in [6, 6.07) is 0.442. The minimum absolute atomic E-state index is 0.303. The maximum atomic E-state index is 10.5. The van der Waals surface area contributed by atoms with Gasteiger partial charge in [0.1, 0.15) is 11.6 Å². The lowest BCUT2D eigenvalue weighted by atomic mass is 10.0. The van der Waals surface area contributed by atoms with Gasteiger partial charge in [0.2, 0.25) is 0 Å². The van der Waals surface area contributed by atoms with Crippen LogP contribution in [-0.4, -0.2) is 87.8 Å². The van der Waals surface area contributed by atoms with Crippen LogP contribution >= 0.6 is 0 Å². The molecule has 2 atom stereocenters. The van der Waals surface area contributed by atoms with Gasteiger partial charge >= 0.3 is 0 Å². The number of piperidine rings is 1. The maximum absolute atomic E-state index is 10.5. The molecule has 2 fully saturated rings. The summed E-state index contributed by atoms with van der Waals surface area (Å²) in [5.41, 5.74) is 0. The average Bonchev–Trinajstić information content (AvgIpc) is 2.87. The van der Waals surface area contributed by atoms with Crippen molar-refractivity contribution in [2.75, 3.05) is 45.9 Å². The SMILES string of the molecule is Cc1nc(C)n(C[C@H]2CCCCN2C[C@H](O)CN2CCOCC2)n1. The quantitative estimate of drug-likeness (QED) is 0.813. The smallest absolute Gasteiger partial charge is 0.147 e. The van der Waals surface area contributed by atoms with Crippen molar-refractivity contribution in [1.29, 1.82) is 0 Å². The number of aryl methyl sites for hydroxylation is 2. The van der Waals surface area contributed by atoms with Crippen molar-refractivity contribution in [3.63, 3.8) is 0 Å². The first-order valence-electron chi connectivity index (χ1n) is 9.22. The van der Waals surface area contributed by atoms with Gasteiger partial charge in [0.25, 0.3) is 0 Å². The van der Waals surface area contributed by atoms with Crippen molar-refractivity contribution in [3.8, 4) is 0 Å². The monoisotopic (exact) mass is 337 g/mol. The van der Waals surface area contributed by atoms with Gasteiger partial charge in [-0.25, -0.2) is 9.67 Å². The largest absolute Gasteiger partial charge is 0.390 e. The minimum Gasteiger partial charge on any atom is -0.390 e. The summed E-state index contributed by atoms with van der Waals surface area (Å²) in [5.74, 6) is 1.81. The van der Waals surface area contributed by atoms with Gasteiger partial charge in [-0.05, 0) is 33.2 Å². The van der Waals surface area contributed by atoms with Gasteiger partial charge in [-0.15, -0.1) is 0 Å². The number of rotatable bonds is 6. The Bertz CT molecular complexity index is 515. The standard InChI is InChI=1S/C17H31N5O2/c1-14-18-15(2)22(19-14)11-16-5-3-4-6-21(16)13-17(23)12-20-7-9-24-10-8-20/h16-17,23H,3-13H2,1-2H3/t16-,17-/m1/s1. The fraction of sp³-hybridized carbons (Fsp3) is 0.882. The molecule has 0 spiro atoms. The molecule has 7 heteroatoms. The van der Waals surface area contributed by atoms with E-state index in [1.807, 2.05) is 18.5 Å². The average molecular weight is 337 g/mol. The molecular formula is C17H31N5O2. The Morgan fingerprint density at radius 1 is 1.17 bits per heavy atom. The Labute approximate surface area is 144 Å². The van der Waals surface area contributed by atoms with Crippen molar-refractivity contribution in [2.45, 2.75) is 51.8 Å². The van der Waals surface area contributed by atoms with Crippen LogP contribution in [0.1, 0.15) is 30.9 Å². The number of morpholine rings is 1. The van der Waals surface area contributed by atoms with Gasteiger partial charge in [0.05, 0.1) is 25.9 Å². The van der Waals surface area contributed by atoms with E-state index in [2.05, 4.69) is 19.9 Å². The second kappa shape index (κ2) is 8.38. The topological polar surface area (TPSA) is 66.7 Å². The first kappa shape index (κ1) is 17.8. The van der Waals surface area contributed by atoms with Gasteiger partial charge in [-0.2, -0.15) is 5.10 Å². The molecule has 136 valence electrons. The number of aliphatic hydroxyl groups excluding tert-OH is 1. The summed E-state index contributed by atoms with van der Waals surface area (Å²) in [5, 5.41) is 15.0. The highest BCUT2D eigenvalue weighted by Crippen LogP contribution is 2.19. The summed E-state index contributed by atoms with van der Waals surface area (Å²) in [6.45, 7) is 10.8. The highest BCUT2D eigenvalue weighted by Gasteiger charge is 2.26. The predicted molar refractivity (Wildman–Crippen MR) is 92.0 cm³/mol. The van der Waals surface area contributed by atoms with E-state index < -0.39 is 0 Å². The lowest BCUT2D eigenvalue weighted by Gasteiger charge is -2.38. The van der Waals surface area contributed by atoms with Crippen LogP contribution in [0.3, 0.4) is 0 Å². The van der Waals surface area contributed by atoms with E-state index in [0.717, 1.165) is 64.1 Å². The van der Waals surface area contributed by atoms with Gasteiger partial charge < -0.3 is 9.84 Å². The van der Waals surface area contributed by atoms with Crippen LogP contribution in [-0.2, 0) is 11.3 Å². The van der Waals surface area contributed by atoms with Crippen molar-refractivity contribution >= 4 is 0 Å². The third kappa shape index (κ3) is 4.75. The number of hydrogen-bond acceptors (Lipinski definition) is 6. The number of nitrogens with zero attached hydrogens (tertiary/aromatic N) is 5. The maximum Gasteiger partial charge on any atom is 0.147 e. The Morgan fingerprint density at radius 2 is 1.96 bits per heavy atom. The molecule has 0 radical (unpaired) electrons. The van der Waals surface area contributed by atoms with Crippen LogP contribution in [0.5, 0.6) is 0 Å². The predicted octanol–water partition coefficient (Wildman–Crippen LogP) is 0.443. The fourth-order valence-electron chi connectivity index (χ4n) is 3.85. The number of hydrogen-bond donors (Lipinski definition) is 1. The first-order chi connectivity index (χ1) is 11.6. The molecule has 24 heavy (non-hydrogen) atoms. The zero-order chi connectivity index (χ0) is 16.9. The van der Waals surface area contributed by atoms with E-state index >= 15 is 0 Å². The van der Waals surface area contributed by atoms with E-state index in [9.17, 15) is 5.11 Å². The Kier molecular flexibility index (Phi) is 6.21. The minimum atomic E-state index is -0.303. The van der Waals surface area contributed by atoms with Gasteiger partial charge in [0.15, 0.2) is 0 Å². The van der Waals surface area contributed by atoms with Crippen LogP contribution in [0.4, 0.5) is 0 Å². The molecule has 0 amide bonds. The molecule has 2 aliphatic rings. The van der Waals surface area contributed by atoms with E-state index in [1.54, 1.807) is 0 Å². The third-order valence-electron chi connectivity index (χ3n) is 5.11. The molecule has 3 heterocycles.